The van der Waals surface area contributed by atoms with Gasteiger partial charge in [0.15, 0.2) is 0 Å². The molecule has 0 aromatic carbocycles. The third-order valence-corrected chi connectivity index (χ3v) is 2.01. The summed E-state index contributed by atoms with van der Waals surface area (Å²) in [5.74, 6) is 0.713. The first-order valence-corrected chi connectivity index (χ1v) is 5.86. The van der Waals surface area contributed by atoms with Crippen LogP contribution in [0, 0.1) is 11.8 Å². The zero-order valence-electron chi connectivity index (χ0n) is 11.0. The number of hydrogen-bond donors (Lipinski definition) is 2. The van der Waals surface area contributed by atoms with Crippen molar-refractivity contribution in [3.8, 4) is 0 Å². The lowest BCUT2D eigenvalue weighted by atomic mass is 9.94. The van der Waals surface area contributed by atoms with Gasteiger partial charge in [-0.2, -0.15) is 0 Å². The van der Waals surface area contributed by atoms with E-state index in [-0.39, 0.29) is 6.54 Å². The van der Waals surface area contributed by atoms with Gasteiger partial charge in [-0.1, -0.05) is 27.7 Å². The van der Waals surface area contributed by atoms with Crippen LogP contribution in [0.5, 0.6) is 0 Å². The first-order valence-electron chi connectivity index (χ1n) is 5.86. The molecule has 0 radical (unpaired) electrons. The minimum absolute atomic E-state index is 0.224. The van der Waals surface area contributed by atoms with Crippen LogP contribution in [0.25, 0.3) is 0 Å². The summed E-state index contributed by atoms with van der Waals surface area (Å²) in [6.45, 7) is 10.4. The molecule has 0 bridgehead atoms. The fraction of sp³-hybridized carbons (Fsp3) is 0.917. The van der Waals surface area contributed by atoms with Gasteiger partial charge in [0.25, 0.3) is 0 Å². The third kappa shape index (κ3) is 8.53. The maximum atomic E-state index is 11.2. The first-order chi connectivity index (χ1) is 7.23. The van der Waals surface area contributed by atoms with Crippen LogP contribution in [0.15, 0.2) is 0 Å². The predicted molar refractivity (Wildman–Crippen MR) is 64.3 cm³/mol. The van der Waals surface area contributed by atoms with Crippen LogP contribution >= 0.6 is 0 Å². The fourth-order valence-electron chi connectivity index (χ4n) is 1.51. The second-order valence-electron chi connectivity index (χ2n) is 5.44. The number of amides is 1. The summed E-state index contributed by atoms with van der Waals surface area (Å²) in [5, 5.41) is 12.5. The molecule has 0 spiro atoms. The van der Waals surface area contributed by atoms with Crippen LogP contribution in [-0.4, -0.2) is 30.0 Å². The van der Waals surface area contributed by atoms with Crippen LogP contribution in [0.1, 0.15) is 41.0 Å². The molecule has 0 heterocycles. The molecule has 0 saturated heterocycles. The quantitative estimate of drug-likeness (QED) is 0.736. The molecule has 4 nitrogen and oxygen atoms in total. The average Bonchev–Trinajstić information content (AvgIpc) is 2.09. The molecular formula is C12H25NO3. The molecule has 0 fully saturated rings. The third-order valence-electron chi connectivity index (χ3n) is 2.01. The summed E-state index contributed by atoms with van der Waals surface area (Å²) in [5.41, 5.74) is -0.870. The van der Waals surface area contributed by atoms with Gasteiger partial charge in [-0.3, -0.25) is 0 Å². The average molecular weight is 231 g/mol. The van der Waals surface area contributed by atoms with Gasteiger partial charge in [0.05, 0.1) is 12.2 Å². The molecule has 4 heteroatoms. The maximum absolute atomic E-state index is 11.2. The summed E-state index contributed by atoms with van der Waals surface area (Å²) in [7, 11) is 0. The molecule has 0 aliphatic rings. The maximum Gasteiger partial charge on any atom is 0.407 e. The number of aliphatic hydroxyl groups is 1. The number of hydrogen-bond acceptors (Lipinski definition) is 3. The van der Waals surface area contributed by atoms with Gasteiger partial charge in [0.2, 0.25) is 0 Å². The predicted octanol–water partition coefficient (Wildman–Crippen LogP) is 2.17. The Kier molecular flexibility index (Phi) is 6.41. The topological polar surface area (TPSA) is 58.6 Å². The number of carbonyl (C=O) groups is 1. The fourth-order valence-corrected chi connectivity index (χ4v) is 1.51. The van der Waals surface area contributed by atoms with Crippen molar-refractivity contribution >= 4 is 6.09 Å². The molecule has 0 aliphatic heterocycles. The molecule has 1 atom stereocenters. The molecular weight excluding hydrogens is 206 g/mol. The minimum Gasteiger partial charge on any atom is -0.449 e. The van der Waals surface area contributed by atoms with Gasteiger partial charge in [0.1, 0.15) is 0 Å². The molecule has 0 saturated carbocycles. The first kappa shape index (κ1) is 15.2. The Balaban J connectivity index is 3.81. The lowest BCUT2D eigenvalue weighted by molar-refractivity contribution is 0.0360. The van der Waals surface area contributed by atoms with Crippen molar-refractivity contribution in [3.05, 3.63) is 0 Å². The molecule has 0 rings (SSSR count). The van der Waals surface area contributed by atoms with Gasteiger partial charge in [-0.15, -0.1) is 0 Å². The highest BCUT2D eigenvalue weighted by atomic mass is 16.5. The van der Waals surface area contributed by atoms with Gasteiger partial charge in [-0.05, 0) is 25.2 Å². The van der Waals surface area contributed by atoms with Crippen molar-refractivity contribution in [1.29, 1.82) is 0 Å². The smallest absolute Gasteiger partial charge is 0.407 e. The lowest BCUT2D eigenvalue weighted by Crippen LogP contribution is -2.41. The van der Waals surface area contributed by atoms with Crippen molar-refractivity contribution in [3.63, 3.8) is 0 Å². The van der Waals surface area contributed by atoms with E-state index in [2.05, 4.69) is 5.32 Å². The number of ether oxygens (including phenoxy) is 1. The molecule has 0 aromatic rings. The lowest BCUT2D eigenvalue weighted by Gasteiger charge is -2.25. The number of rotatable bonds is 6. The molecule has 2 N–H and O–H groups in total. The van der Waals surface area contributed by atoms with Crippen LogP contribution in [0.2, 0.25) is 0 Å². The Morgan fingerprint density at radius 3 is 2.31 bits per heavy atom. The molecule has 96 valence electrons. The Labute approximate surface area is 98.4 Å². The van der Waals surface area contributed by atoms with E-state index in [0.29, 0.717) is 24.9 Å². The largest absolute Gasteiger partial charge is 0.449 e. The Morgan fingerprint density at radius 1 is 1.31 bits per heavy atom. The molecule has 0 aromatic heterocycles. The standard InChI is InChI=1S/C12H25NO3/c1-9(2)6-12(5,15)8-13-11(14)16-7-10(3)4/h9-10,15H,6-8H2,1-5H3,(H,13,14). The van der Waals surface area contributed by atoms with Crippen LogP contribution in [-0.2, 0) is 4.74 Å². The van der Waals surface area contributed by atoms with E-state index in [1.807, 2.05) is 27.7 Å². The second-order valence-corrected chi connectivity index (χ2v) is 5.44. The molecule has 0 aliphatic carbocycles. The van der Waals surface area contributed by atoms with Gasteiger partial charge in [0, 0.05) is 6.54 Å². The van der Waals surface area contributed by atoms with Gasteiger partial charge >= 0.3 is 6.09 Å². The van der Waals surface area contributed by atoms with Crippen molar-refractivity contribution in [2.45, 2.75) is 46.6 Å². The van der Waals surface area contributed by atoms with E-state index in [9.17, 15) is 9.90 Å². The van der Waals surface area contributed by atoms with E-state index in [0.717, 1.165) is 0 Å². The number of carbonyl (C=O) groups excluding carboxylic acids is 1. The van der Waals surface area contributed by atoms with Crippen molar-refractivity contribution in [2.75, 3.05) is 13.2 Å². The number of alkyl carbamates (subject to hydrolysis) is 1. The summed E-state index contributed by atoms with van der Waals surface area (Å²) in [6.07, 6.45) is 0.190. The Bertz CT molecular complexity index is 212. The van der Waals surface area contributed by atoms with Crippen molar-refractivity contribution in [2.24, 2.45) is 11.8 Å². The van der Waals surface area contributed by atoms with Gasteiger partial charge < -0.3 is 15.2 Å². The highest BCUT2D eigenvalue weighted by Gasteiger charge is 2.22. The van der Waals surface area contributed by atoms with E-state index in [1.54, 1.807) is 6.92 Å². The summed E-state index contributed by atoms with van der Waals surface area (Å²) >= 11 is 0. The highest BCUT2D eigenvalue weighted by Crippen LogP contribution is 2.14. The Morgan fingerprint density at radius 2 is 1.88 bits per heavy atom. The summed E-state index contributed by atoms with van der Waals surface area (Å²) in [4.78, 5) is 11.2. The summed E-state index contributed by atoms with van der Waals surface area (Å²) in [6, 6.07) is 0. The van der Waals surface area contributed by atoms with Crippen LogP contribution < -0.4 is 5.32 Å². The van der Waals surface area contributed by atoms with E-state index >= 15 is 0 Å². The van der Waals surface area contributed by atoms with E-state index < -0.39 is 11.7 Å². The highest BCUT2D eigenvalue weighted by molar-refractivity contribution is 5.67. The van der Waals surface area contributed by atoms with E-state index in [4.69, 9.17) is 4.74 Å². The zero-order chi connectivity index (χ0) is 12.8. The minimum atomic E-state index is -0.870. The van der Waals surface area contributed by atoms with E-state index in [1.165, 1.54) is 0 Å². The monoisotopic (exact) mass is 231 g/mol. The Hall–Kier alpha value is -0.770. The number of nitrogens with one attached hydrogen (secondary N) is 1. The molecule has 16 heavy (non-hydrogen) atoms. The molecule has 1 unspecified atom stereocenters. The second kappa shape index (κ2) is 6.74. The summed E-state index contributed by atoms with van der Waals surface area (Å²) < 4.78 is 4.94. The normalized spacial score (nSPS) is 15.0. The SMILES string of the molecule is CC(C)COC(=O)NCC(C)(O)CC(C)C. The van der Waals surface area contributed by atoms with Gasteiger partial charge in [-0.25, -0.2) is 4.79 Å². The van der Waals surface area contributed by atoms with Crippen molar-refractivity contribution < 1.29 is 14.6 Å². The van der Waals surface area contributed by atoms with Crippen molar-refractivity contribution in [1.82, 2.24) is 5.32 Å². The molecule has 1 amide bonds. The zero-order valence-corrected chi connectivity index (χ0v) is 11.0. The van der Waals surface area contributed by atoms with Crippen LogP contribution in [0.3, 0.4) is 0 Å². The van der Waals surface area contributed by atoms with Crippen LogP contribution in [0.4, 0.5) is 4.79 Å².